The molecule has 0 amide bonds. The van der Waals surface area contributed by atoms with E-state index in [1.165, 1.54) is 36.0 Å². The molecule has 4 nitrogen and oxygen atoms in total. The molecule has 1 aliphatic carbocycles. The number of hydrogen-bond donors (Lipinski definition) is 1. The maximum Gasteiger partial charge on any atom is 0.124 e. The van der Waals surface area contributed by atoms with Crippen LogP contribution in [0.25, 0.3) is 0 Å². The van der Waals surface area contributed by atoms with Gasteiger partial charge in [0.15, 0.2) is 0 Å². The van der Waals surface area contributed by atoms with Crippen LogP contribution < -0.4 is 10.5 Å². The molecule has 4 heteroatoms. The van der Waals surface area contributed by atoms with E-state index in [9.17, 15) is 0 Å². The summed E-state index contributed by atoms with van der Waals surface area (Å²) in [5.41, 5.74) is 10.0. The Bertz CT molecular complexity index is 490. The molecule has 1 aromatic rings. The highest BCUT2D eigenvalue weighted by Gasteiger charge is 2.22. The second kappa shape index (κ2) is 6.77. The van der Waals surface area contributed by atoms with Gasteiger partial charge in [-0.2, -0.15) is 0 Å². The lowest BCUT2D eigenvalue weighted by Gasteiger charge is -2.32. The Morgan fingerprint density at radius 1 is 1.33 bits per heavy atom. The molecule has 0 unspecified atom stereocenters. The highest BCUT2D eigenvalue weighted by molar-refractivity contribution is 5.44. The second-order valence-corrected chi connectivity index (χ2v) is 5.98. The average molecular weight is 290 g/mol. The summed E-state index contributed by atoms with van der Waals surface area (Å²) in [4.78, 5) is 2.43. The summed E-state index contributed by atoms with van der Waals surface area (Å²) in [6, 6.07) is 4.63. The number of morpholine rings is 1. The van der Waals surface area contributed by atoms with Gasteiger partial charge in [-0.25, -0.2) is 0 Å². The quantitative estimate of drug-likeness (QED) is 0.897. The molecule has 116 valence electrons. The lowest BCUT2D eigenvalue weighted by Crippen LogP contribution is -2.45. The Morgan fingerprint density at radius 2 is 2.14 bits per heavy atom. The molecule has 2 N–H and O–H groups in total. The van der Waals surface area contributed by atoms with Crippen LogP contribution in [-0.2, 0) is 24.1 Å². The van der Waals surface area contributed by atoms with Gasteiger partial charge in [0.1, 0.15) is 5.75 Å². The van der Waals surface area contributed by atoms with Gasteiger partial charge >= 0.3 is 0 Å². The molecule has 1 aromatic carbocycles. The molecule has 21 heavy (non-hydrogen) atoms. The van der Waals surface area contributed by atoms with E-state index in [4.69, 9.17) is 15.2 Å². The summed E-state index contributed by atoms with van der Waals surface area (Å²) in [5, 5.41) is 0. The topological polar surface area (TPSA) is 47.7 Å². The van der Waals surface area contributed by atoms with Crippen molar-refractivity contribution in [1.82, 2.24) is 4.90 Å². The second-order valence-electron chi connectivity index (χ2n) is 5.98. The van der Waals surface area contributed by atoms with Crippen molar-refractivity contribution in [2.75, 3.05) is 32.8 Å². The molecule has 1 saturated heterocycles. The third-order valence-electron chi connectivity index (χ3n) is 4.45. The molecule has 1 atom stereocenters. The number of hydrogen-bond acceptors (Lipinski definition) is 4. The van der Waals surface area contributed by atoms with Crippen LogP contribution in [0.3, 0.4) is 0 Å². The van der Waals surface area contributed by atoms with Gasteiger partial charge in [-0.1, -0.05) is 6.07 Å². The van der Waals surface area contributed by atoms with Crippen molar-refractivity contribution in [1.29, 1.82) is 0 Å². The third-order valence-corrected chi connectivity index (χ3v) is 4.45. The monoisotopic (exact) mass is 290 g/mol. The number of fused-ring (bicyclic) bond motifs is 1. The normalized spacial score (nSPS) is 22.3. The number of rotatable bonds is 5. The fourth-order valence-electron chi connectivity index (χ4n) is 3.37. The smallest absolute Gasteiger partial charge is 0.124 e. The minimum Gasteiger partial charge on any atom is -0.494 e. The van der Waals surface area contributed by atoms with Crippen LogP contribution in [0.15, 0.2) is 12.1 Å². The molecule has 3 rings (SSSR count). The molecule has 0 saturated carbocycles. The fraction of sp³-hybridized carbons (Fsp3) is 0.647. The van der Waals surface area contributed by atoms with Crippen molar-refractivity contribution in [3.05, 3.63) is 28.8 Å². The maximum absolute atomic E-state index is 5.87. The van der Waals surface area contributed by atoms with E-state index < -0.39 is 0 Å². The first-order chi connectivity index (χ1) is 10.3. The maximum atomic E-state index is 5.87. The van der Waals surface area contributed by atoms with Gasteiger partial charge in [0.05, 0.1) is 19.3 Å². The first kappa shape index (κ1) is 14.8. The summed E-state index contributed by atoms with van der Waals surface area (Å²) >= 11 is 0. The number of ether oxygens (including phenoxy) is 2. The molecule has 1 fully saturated rings. The van der Waals surface area contributed by atoms with Crippen LogP contribution in [0.2, 0.25) is 0 Å². The summed E-state index contributed by atoms with van der Waals surface area (Å²) in [6.07, 6.45) is 3.85. The number of aryl methyl sites for hydroxylation is 2. The van der Waals surface area contributed by atoms with Gasteiger partial charge in [0.2, 0.25) is 0 Å². The van der Waals surface area contributed by atoms with E-state index >= 15 is 0 Å². The molecule has 1 aliphatic heterocycles. The minimum absolute atomic E-state index is 0.170. The summed E-state index contributed by atoms with van der Waals surface area (Å²) in [7, 11) is 0. The zero-order chi connectivity index (χ0) is 14.7. The fourth-order valence-corrected chi connectivity index (χ4v) is 3.37. The van der Waals surface area contributed by atoms with Gasteiger partial charge in [-0.05, 0) is 43.4 Å². The number of nitrogens with zero attached hydrogens (tertiary/aromatic N) is 1. The van der Waals surface area contributed by atoms with Crippen molar-refractivity contribution < 1.29 is 9.47 Å². The van der Waals surface area contributed by atoms with Gasteiger partial charge in [0, 0.05) is 31.7 Å². The van der Waals surface area contributed by atoms with E-state index in [2.05, 4.69) is 24.0 Å². The van der Waals surface area contributed by atoms with E-state index in [-0.39, 0.29) is 6.10 Å². The van der Waals surface area contributed by atoms with E-state index in [0.717, 1.165) is 38.6 Å². The molecule has 1 heterocycles. The van der Waals surface area contributed by atoms with Crippen LogP contribution in [-0.4, -0.2) is 43.9 Å². The number of nitrogens with two attached hydrogens (primary N) is 1. The Labute approximate surface area is 127 Å². The van der Waals surface area contributed by atoms with Crippen molar-refractivity contribution in [2.45, 2.75) is 38.8 Å². The highest BCUT2D eigenvalue weighted by Crippen LogP contribution is 2.31. The summed E-state index contributed by atoms with van der Waals surface area (Å²) in [5.74, 6) is 1.06. The van der Waals surface area contributed by atoms with E-state index in [0.29, 0.717) is 6.54 Å². The highest BCUT2D eigenvalue weighted by atomic mass is 16.5. The average Bonchev–Trinajstić information content (AvgIpc) is 2.95. The lowest BCUT2D eigenvalue weighted by molar-refractivity contribution is -0.0262. The van der Waals surface area contributed by atoms with Crippen molar-refractivity contribution in [3.8, 4) is 5.75 Å². The van der Waals surface area contributed by atoms with Crippen LogP contribution in [0.1, 0.15) is 30.0 Å². The van der Waals surface area contributed by atoms with E-state index in [1.54, 1.807) is 0 Å². The SMILES string of the molecule is CCOc1cc2c(cc1CN1CCO[C@H](CN)C1)CCC2. The van der Waals surface area contributed by atoms with Crippen molar-refractivity contribution >= 4 is 0 Å². The van der Waals surface area contributed by atoms with Gasteiger partial charge in [0.25, 0.3) is 0 Å². The van der Waals surface area contributed by atoms with Crippen LogP contribution in [0.4, 0.5) is 0 Å². The molecule has 0 spiro atoms. The van der Waals surface area contributed by atoms with Gasteiger partial charge in [-0.15, -0.1) is 0 Å². The Morgan fingerprint density at radius 3 is 2.90 bits per heavy atom. The van der Waals surface area contributed by atoms with Crippen molar-refractivity contribution in [2.24, 2.45) is 5.73 Å². The first-order valence-corrected chi connectivity index (χ1v) is 8.11. The lowest BCUT2D eigenvalue weighted by atomic mass is 10.0. The molecule has 0 radical (unpaired) electrons. The first-order valence-electron chi connectivity index (χ1n) is 8.11. The molecule has 0 aromatic heterocycles. The predicted molar refractivity (Wildman–Crippen MR) is 83.7 cm³/mol. The van der Waals surface area contributed by atoms with Gasteiger partial charge < -0.3 is 15.2 Å². The molecular weight excluding hydrogens is 264 g/mol. The number of benzene rings is 1. The summed E-state index contributed by atoms with van der Waals surface area (Å²) < 4.78 is 11.5. The molecule has 2 aliphatic rings. The molecule has 0 bridgehead atoms. The zero-order valence-electron chi connectivity index (χ0n) is 12.9. The Hall–Kier alpha value is -1.10. The Kier molecular flexibility index (Phi) is 4.78. The summed E-state index contributed by atoms with van der Waals surface area (Å²) in [6.45, 7) is 6.97. The molecular formula is C17H26N2O2. The van der Waals surface area contributed by atoms with E-state index in [1.807, 2.05) is 0 Å². The van der Waals surface area contributed by atoms with Crippen LogP contribution >= 0.6 is 0 Å². The Balaban J connectivity index is 1.77. The predicted octanol–water partition coefficient (Wildman–Crippen LogP) is 1.73. The minimum atomic E-state index is 0.170. The zero-order valence-corrected chi connectivity index (χ0v) is 12.9. The third kappa shape index (κ3) is 3.39. The van der Waals surface area contributed by atoms with Crippen LogP contribution in [0, 0.1) is 0 Å². The largest absolute Gasteiger partial charge is 0.494 e. The standard InChI is InChI=1S/C17H26N2O2/c1-2-20-17-9-14-5-3-4-13(14)8-15(17)11-19-6-7-21-16(10-18)12-19/h8-9,16H,2-7,10-12,18H2,1H3/t16-/m1/s1. The van der Waals surface area contributed by atoms with Crippen LogP contribution in [0.5, 0.6) is 5.75 Å². The van der Waals surface area contributed by atoms with Gasteiger partial charge in [-0.3, -0.25) is 4.90 Å². The van der Waals surface area contributed by atoms with Crippen molar-refractivity contribution in [3.63, 3.8) is 0 Å².